The molecule has 2 aliphatic heterocycles. The van der Waals surface area contributed by atoms with E-state index in [4.69, 9.17) is 4.74 Å². The number of piperazine rings is 1. The molecule has 3 aromatic rings. The van der Waals surface area contributed by atoms with Crippen molar-refractivity contribution in [2.75, 3.05) is 51.3 Å². The maximum Gasteiger partial charge on any atom is 0.264 e. The van der Waals surface area contributed by atoms with Crippen LogP contribution >= 0.6 is 11.3 Å². The lowest BCUT2D eigenvalue weighted by atomic mass is 10.0. The fourth-order valence-corrected chi connectivity index (χ4v) is 5.93. The van der Waals surface area contributed by atoms with Crippen LogP contribution in [0.1, 0.15) is 22.5 Å². The van der Waals surface area contributed by atoms with Gasteiger partial charge in [0.1, 0.15) is 5.75 Å². The Hall–Kier alpha value is -2.57. The lowest BCUT2D eigenvalue weighted by molar-refractivity contribution is 0.0568. The zero-order valence-electron chi connectivity index (χ0n) is 18.0. The van der Waals surface area contributed by atoms with Crippen LogP contribution in [-0.4, -0.2) is 68.1 Å². The second kappa shape index (κ2) is 8.89. The molecule has 2 saturated heterocycles. The molecule has 0 N–H and O–H groups in total. The number of amides is 1. The molecule has 31 heavy (non-hydrogen) atoms. The second-order valence-electron chi connectivity index (χ2n) is 8.39. The molecule has 0 spiro atoms. The predicted molar refractivity (Wildman–Crippen MR) is 128 cm³/mol. The normalized spacial score (nSPS) is 20.2. The van der Waals surface area contributed by atoms with Gasteiger partial charge in [-0.1, -0.05) is 30.3 Å². The third-order valence-electron chi connectivity index (χ3n) is 6.58. The van der Waals surface area contributed by atoms with Gasteiger partial charge in [-0.15, -0.1) is 11.3 Å². The molecule has 5 nitrogen and oxygen atoms in total. The highest BCUT2D eigenvalue weighted by Gasteiger charge is 2.31. The number of methoxy groups -OCH3 is 1. The van der Waals surface area contributed by atoms with Crippen LogP contribution in [0.25, 0.3) is 10.1 Å². The first-order valence-electron chi connectivity index (χ1n) is 11.1. The van der Waals surface area contributed by atoms with Gasteiger partial charge in [-0.2, -0.15) is 0 Å². The number of likely N-dealkylation sites (tertiary alicyclic amines) is 1. The maximum absolute atomic E-state index is 13.2. The van der Waals surface area contributed by atoms with Gasteiger partial charge < -0.3 is 14.5 Å². The van der Waals surface area contributed by atoms with E-state index in [1.807, 2.05) is 24.3 Å². The summed E-state index contributed by atoms with van der Waals surface area (Å²) in [5.74, 6) is 1.13. The summed E-state index contributed by atoms with van der Waals surface area (Å²) in [6.07, 6.45) is 2.25. The van der Waals surface area contributed by atoms with Crippen LogP contribution in [0.4, 0.5) is 5.69 Å². The third-order valence-corrected chi connectivity index (χ3v) is 7.68. The Labute approximate surface area is 187 Å². The van der Waals surface area contributed by atoms with Crippen molar-refractivity contribution in [3.05, 3.63) is 59.5 Å². The number of hydrogen-bond acceptors (Lipinski definition) is 5. The lowest BCUT2D eigenvalue weighted by Crippen LogP contribution is -2.55. The van der Waals surface area contributed by atoms with Gasteiger partial charge in [0, 0.05) is 50.0 Å². The highest BCUT2D eigenvalue weighted by molar-refractivity contribution is 7.20. The van der Waals surface area contributed by atoms with Crippen LogP contribution < -0.4 is 9.64 Å². The molecule has 5 rings (SSSR count). The minimum Gasteiger partial charge on any atom is -0.495 e. The average molecular weight is 436 g/mol. The Bertz CT molecular complexity index is 1020. The zero-order chi connectivity index (χ0) is 21.2. The van der Waals surface area contributed by atoms with Crippen molar-refractivity contribution in [1.29, 1.82) is 0 Å². The Balaban J connectivity index is 1.22. The molecular formula is C25H29N3O2S. The topological polar surface area (TPSA) is 36.0 Å². The Kier molecular flexibility index (Phi) is 5.83. The molecule has 0 radical (unpaired) electrons. The zero-order valence-corrected chi connectivity index (χ0v) is 18.8. The quantitative estimate of drug-likeness (QED) is 0.611. The van der Waals surface area contributed by atoms with Gasteiger partial charge in [-0.05, 0) is 42.5 Å². The lowest BCUT2D eigenvalue weighted by Gasteiger charge is -2.44. The monoisotopic (exact) mass is 435 g/mol. The molecule has 162 valence electrons. The number of hydrogen-bond donors (Lipinski definition) is 0. The van der Waals surface area contributed by atoms with Crippen LogP contribution in [0.15, 0.2) is 54.6 Å². The van der Waals surface area contributed by atoms with Crippen molar-refractivity contribution in [2.45, 2.75) is 18.9 Å². The molecule has 3 heterocycles. The number of carbonyl (C=O) groups is 1. The first kappa shape index (κ1) is 20.3. The van der Waals surface area contributed by atoms with Gasteiger partial charge in [-0.25, -0.2) is 0 Å². The summed E-state index contributed by atoms with van der Waals surface area (Å²) in [6, 6.07) is 19.0. The van der Waals surface area contributed by atoms with E-state index in [-0.39, 0.29) is 5.91 Å². The van der Waals surface area contributed by atoms with E-state index >= 15 is 0 Å². The van der Waals surface area contributed by atoms with Crippen molar-refractivity contribution in [3.63, 3.8) is 0 Å². The van der Waals surface area contributed by atoms with Crippen LogP contribution in [0.3, 0.4) is 0 Å². The van der Waals surface area contributed by atoms with Crippen LogP contribution in [0, 0.1) is 0 Å². The largest absolute Gasteiger partial charge is 0.495 e. The number of fused-ring (bicyclic) bond motifs is 1. The number of anilines is 1. The number of carbonyl (C=O) groups excluding carboxylic acids is 1. The molecule has 1 amide bonds. The van der Waals surface area contributed by atoms with Crippen molar-refractivity contribution in [1.82, 2.24) is 9.80 Å². The van der Waals surface area contributed by atoms with Gasteiger partial charge in [0.2, 0.25) is 0 Å². The van der Waals surface area contributed by atoms with E-state index in [1.165, 1.54) is 16.8 Å². The summed E-state index contributed by atoms with van der Waals surface area (Å²) < 4.78 is 6.73. The predicted octanol–water partition coefficient (Wildman–Crippen LogP) is 4.34. The number of thiophene rings is 1. The Morgan fingerprint density at radius 3 is 2.58 bits per heavy atom. The maximum atomic E-state index is 13.2. The van der Waals surface area contributed by atoms with Gasteiger partial charge >= 0.3 is 0 Å². The van der Waals surface area contributed by atoms with Crippen LogP contribution in [-0.2, 0) is 0 Å². The first-order valence-corrected chi connectivity index (χ1v) is 11.9. The van der Waals surface area contributed by atoms with E-state index < -0.39 is 0 Å². The Morgan fingerprint density at radius 2 is 1.77 bits per heavy atom. The molecule has 2 aliphatic rings. The molecule has 2 aromatic carbocycles. The number of rotatable bonds is 4. The molecule has 1 unspecified atom stereocenters. The first-order chi connectivity index (χ1) is 15.2. The summed E-state index contributed by atoms with van der Waals surface area (Å²) in [5, 5.41) is 1.16. The summed E-state index contributed by atoms with van der Waals surface area (Å²) in [7, 11) is 1.74. The molecule has 6 heteroatoms. The highest BCUT2D eigenvalue weighted by Crippen LogP contribution is 2.30. The summed E-state index contributed by atoms with van der Waals surface area (Å²) in [6.45, 7) is 5.72. The molecule has 1 atom stereocenters. The van der Waals surface area contributed by atoms with E-state index in [9.17, 15) is 4.79 Å². The van der Waals surface area contributed by atoms with E-state index in [1.54, 1.807) is 18.4 Å². The summed E-state index contributed by atoms with van der Waals surface area (Å²) >= 11 is 1.61. The molecule has 1 aromatic heterocycles. The molecule has 0 bridgehead atoms. The van der Waals surface area contributed by atoms with Gasteiger partial charge in [0.25, 0.3) is 5.91 Å². The van der Waals surface area contributed by atoms with Gasteiger partial charge in [0.05, 0.1) is 17.7 Å². The SMILES string of the molecule is COc1ccccc1N1CCN(C2CCCN(C(=O)c3cc4ccccc4s3)C2)CC1. The second-order valence-corrected chi connectivity index (χ2v) is 9.47. The fraction of sp³-hybridized carbons (Fsp3) is 0.400. The van der Waals surface area contributed by atoms with Crippen LogP contribution in [0.5, 0.6) is 5.75 Å². The minimum absolute atomic E-state index is 0.193. The number of ether oxygens (including phenoxy) is 1. The van der Waals surface area contributed by atoms with E-state index in [0.29, 0.717) is 6.04 Å². The van der Waals surface area contributed by atoms with E-state index in [0.717, 1.165) is 61.7 Å². The van der Waals surface area contributed by atoms with Crippen molar-refractivity contribution >= 4 is 33.0 Å². The third kappa shape index (κ3) is 4.14. The molecule has 0 aliphatic carbocycles. The molecule has 2 fully saturated rings. The van der Waals surface area contributed by atoms with Crippen molar-refractivity contribution < 1.29 is 9.53 Å². The van der Waals surface area contributed by atoms with E-state index in [2.05, 4.69) is 45.0 Å². The van der Waals surface area contributed by atoms with Gasteiger partial charge in [-0.3, -0.25) is 9.69 Å². The molecular weight excluding hydrogens is 406 g/mol. The van der Waals surface area contributed by atoms with Gasteiger partial charge in [0.15, 0.2) is 0 Å². The van der Waals surface area contributed by atoms with Crippen molar-refractivity contribution in [3.8, 4) is 5.75 Å². The summed E-state index contributed by atoms with van der Waals surface area (Å²) in [4.78, 5) is 21.1. The highest BCUT2D eigenvalue weighted by atomic mass is 32.1. The standard InChI is InChI=1S/C25H29N3O2S/c1-30-22-10-4-3-9-21(22)27-15-13-26(14-16-27)20-8-6-12-28(18-20)25(29)24-17-19-7-2-5-11-23(19)31-24/h2-5,7,9-11,17,20H,6,8,12-16,18H2,1H3. The summed E-state index contributed by atoms with van der Waals surface area (Å²) in [5.41, 5.74) is 1.18. The number of nitrogens with zero attached hydrogens (tertiary/aromatic N) is 3. The molecule has 0 saturated carbocycles. The average Bonchev–Trinajstić information content (AvgIpc) is 3.28. The minimum atomic E-state index is 0.193. The Morgan fingerprint density at radius 1 is 1.00 bits per heavy atom. The fourth-order valence-electron chi connectivity index (χ4n) is 4.90. The number of benzene rings is 2. The smallest absolute Gasteiger partial charge is 0.264 e. The van der Waals surface area contributed by atoms with Crippen molar-refractivity contribution in [2.24, 2.45) is 0 Å². The van der Waals surface area contributed by atoms with Crippen LogP contribution in [0.2, 0.25) is 0 Å². The number of piperidine rings is 1. The number of para-hydroxylation sites is 2.